The number of nitroso groups, excluding NO2 is 1. The summed E-state index contributed by atoms with van der Waals surface area (Å²) in [5.41, 5.74) is 6.64. The Kier molecular flexibility index (Phi) is 3.65. The van der Waals surface area contributed by atoms with E-state index >= 15 is 0 Å². The van der Waals surface area contributed by atoms with Crippen LogP contribution in [0.2, 0.25) is 0 Å². The molecule has 1 saturated heterocycles. The first kappa shape index (κ1) is 13.3. The van der Waals surface area contributed by atoms with Gasteiger partial charge >= 0.3 is 0 Å². The number of nitrogens with zero attached hydrogens (tertiary/aromatic N) is 6. The fourth-order valence-electron chi connectivity index (χ4n) is 1.99. The molecule has 2 aromatic rings. The van der Waals surface area contributed by atoms with Crippen LogP contribution in [-0.4, -0.2) is 46.2 Å². The molecule has 1 fully saturated rings. The lowest BCUT2D eigenvalue weighted by Gasteiger charge is -2.26. The van der Waals surface area contributed by atoms with Crippen molar-refractivity contribution in [3.8, 4) is 11.3 Å². The van der Waals surface area contributed by atoms with Crippen LogP contribution in [0, 0.1) is 4.91 Å². The highest BCUT2D eigenvalue weighted by atomic mass is 16.5. The summed E-state index contributed by atoms with van der Waals surface area (Å²) >= 11 is 0. The summed E-state index contributed by atoms with van der Waals surface area (Å²) in [7, 11) is 0. The van der Waals surface area contributed by atoms with Gasteiger partial charge in [0.05, 0.1) is 18.9 Å². The molecule has 0 saturated carbocycles. The molecular weight excluding hydrogens is 274 g/mol. The predicted molar refractivity (Wildman–Crippen MR) is 76.0 cm³/mol. The maximum Gasteiger partial charge on any atom is 0.228 e. The lowest BCUT2D eigenvalue weighted by molar-refractivity contribution is 0.122. The molecule has 0 radical (unpaired) electrons. The van der Waals surface area contributed by atoms with Gasteiger partial charge in [0, 0.05) is 37.1 Å². The third-order valence-corrected chi connectivity index (χ3v) is 3.06. The summed E-state index contributed by atoms with van der Waals surface area (Å²) in [5, 5.41) is 2.91. The third kappa shape index (κ3) is 2.92. The number of morpholine rings is 1. The second kappa shape index (κ2) is 5.75. The molecule has 0 aliphatic carbocycles. The minimum absolute atomic E-state index is 0.0679. The van der Waals surface area contributed by atoms with E-state index in [0.29, 0.717) is 43.5 Å². The zero-order valence-corrected chi connectivity index (χ0v) is 11.1. The van der Waals surface area contributed by atoms with Crippen molar-refractivity contribution in [3.05, 3.63) is 23.4 Å². The Hall–Kier alpha value is -2.68. The van der Waals surface area contributed by atoms with Gasteiger partial charge in [-0.25, -0.2) is 15.0 Å². The number of ether oxygens (including phenoxy) is 1. The molecule has 9 heteroatoms. The van der Waals surface area contributed by atoms with Gasteiger partial charge in [-0.15, -0.1) is 4.91 Å². The van der Waals surface area contributed by atoms with Crippen molar-refractivity contribution in [2.75, 3.05) is 36.9 Å². The summed E-state index contributed by atoms with van der Waals surface area (Å²) in [6, 6.07) is 1.49. The molecule has 0 atom stereocenters. The van der Waals surface area contributed by atoms with E-state index in [0.717, 1.165) is 0 Å². The Morgan fingerprint density at radius 2 is 1.90 bits per heavy atom. The molecule has 2 aromatic heterocycles. The SMILES string of the molecule is Nc1ncc(-c2cc(N=O)nc(N3CCOCC3)n2)cn1. The summed E-state index contributed by atoms with van der Waals surface area (Å²) in [5.74, 6) is 0.690. The lowest BCUT2D eigenvalue weighted by Crippen LogP contribution is -2.37. The van der Waals surface area contributed by atoms with Crippen LogP contribution in [0.15, 0.2) is 23.6 Å². The normalized spacial score (nSPS) is 15.0. The fourth-order valence-corrected chi connectivity index (χ4v) is 1.99. The first-order valence-electron chi connectivity index (χ1n) is 6.39. The van der Waals surface area contributed by atoms with Crippen molar-refractivity contribution >= 4 is 17.7 Å². The van der Waals surface area contributed by atoms with E-state index in [1.807, 2.05) is 4.90 Å². The molecule has 3 heterocycles. The average molecular weight is 287 g/mol. The summed E-state index contributed by atoms with van der Waals surface area (Å²) < 4.78 is 5.29. The molecular formula is C12H13N7O2. The van der Waals surface area contributed by atoms with Crippen LogP contribution in [0.4, 0.5) is 17.7 Å². The Bertz CT molecular complexity index is 641. The smallest absolute Gasteiger partial charge is 0.228 e. The zero-order chi connectivity index (χ0) is 14.7. The van der Waals surface area contributed by atoms with E-state index < -0.39 is 0 Å². The van der Waals surface area contributed by atoms with E-state index in [2.05, 4.69) is 25.1 Å². The van der Waals surface area contributed by atoms with E-state index in [1.165, 1.54) is 6.07 Å². The first-order valence-corrected chi connectivity index (χ1v) is 6.39. The number of nitrogens with two attached hydrogens (primary N) is 1. The molecule has 21 heavy (non-hydrogen) atoms. The highest BCUT2D eigenvalue weighted by Gasteiger charge is 2.16. The number of rotatable bonds is 3. The third-order valence-electron chi connectivity index (χ3n) is 3.06. The van der Waals surface area contributed by atoms with Gasteiger partial charge in [0.25, 0.3) is 0 Å². The number of hydrogen-bond acceptors (Lipinski definition) is 9. The van der Waals surface area contributed by atoms with Crippen LogP contribution >= 0.6 is 0 Å². The van der Waals surface area contributed by atoms with Gasteiger partial charge in [-0.1, -0.05) is 0 Å². The van der Waals surface area contributed by atoms with Gasteiger partial charge in [-0.2, -0.15) is 4.98 Å². The Morgan fingerprint density at radius 3 is 2.57 bits per heavy atom. The van der Waals surface area contributed by atoms with Crippen molar-refractivity contribution < 1.29 is 4.74 Å². The van der Waals surface area contributed by atoms with Crippen LogP contribution < -0.4 is 10.6 Å². The Labute approximate surface area is 120 Å². The quantitative estimate of drug-likeness (QED) is 0.821. The second-order valence-electron chi connectivity index (χ2n) is 4.43. The number of nitrogen functional groups attached to an aromatic ring is 1. The second-order valence-corrected chi connectivity index (χ2v) is 4.43. The molecule has 3 rings (SSSR count). The molecule has 108 valence electrons. The predicted octanol–water partition coefficient (Wildman–Crippen LogP) is 0.750. The first-order chi connectivity index (χ1) is 10.3. The lowest BCUT2D eigenvalue weighted by atomic mass is 10.2. The molecule has 0 spiro atoms. The Morgan fingerprint density at radius 1 is 1.19 bits per heavy atom. The molecule has 9 nitrogen and oxygen atoms in total. The van der Waals surface area contributed by atoms with Gasteiger partial charge in [0.15, 0.2) is 0 Å². The maximum atomic E-state index is 10.8. The monoisotopic (exact) mass is 287 g/mol. The van der Waals surface area contributed by atoms with Crippen LogP contribution in [-0.2, 0) is 4.74 Å². The van der Waals surface area contributed by atoms with E-state index in [1.54, 1.807) is 12.4 Å². The molecule has 2 N–H and O–H groups in total. The largest absolute Gasteiger partial charge is 0.378 e. The maximum absolute atomic E-state index is 10.8. The van der Waals surface area contributed by atoms with E-state index in [4.69, 9.17) is 10.5 Å². The molecule has 1 aliphatic rings. The minimum Gasteiger partial charge on any atom is -0.378 e. The summed E-state index contributed by atoms with van der Waals surface area (Å²) in [4.78, 5) is 29.2. The van der Waals surface area contributed by atoms with Crippen molar-refractivity contribution in [2.45, 2.75) is 0 Å². The molecule has 0 amide bonds. The molecule has 0 bridgehead atoms. The highest BCUT2D eigenvalue weighted by molar-refractivity contribution is 5.62. The topological polar surface area (TPSA) is 119 Å². The highest BCUT2D eigenvalue weighted by Crippen LogP contribution is 2.24. The van der Waals surface area contributed by atoms with E-state index in [9.17, 15) is 4.91 Å². The van der Waals surface area contributed by atoms with Gasteiger partial charge in [0.2, 0.25) is 17.7 Å². The molecule has 0 aromatic carbocycles. The average Bonchev–Trinajstić information content (AvgIpc) is 2.56. The van der Waals surface area contributed by atoms with Crippen molar-refractivity contribution in [1.82, 2.24) is 19.9 Å². The zero-order valence-electron chi connectivity index (χ0n) is 11.1. The number of anilines is 2. The molecule has 1 aliphatic heterocycles. The fraction of sp³-hybridized carbons (Fsp3) is 0.333. The van der Waals surface area contributed by atoms with Crippen LogP contribution in [0.1, 0.15) is 0 Å². The van der Waals surface area contributed by atoms with Gasteiger partial charge in [-0.05, 0) is 5.18 Å². The van der Waals surface area contributed by atoms with Crippen molar-refractivity contribution in [3.63, 3.8) is 0 Å². The van der Waals surface area contributed by atoms with Crippen LogP contribution in [0.25, 0.3) is 11.3 Å². The van der Waals surface area contributed by atoms with Gasteiger partial charge < -0.3 is 15.4 Å². The number of aromatic nitrogens is 4. The van der Waals surface area contributed by atoms with Gasteiger partial charge in [0.1, 0.15) is 0 Å². The standard InChI is InChI=1S/C12H13N7O2/c13-11-14-6-8(7-15-11)9-5-10(18-20)17-12(16-9)19-1-3-21-4-2-19/h5-7H,1-4H2,(H2,13,14,15). The van der Waals surface area contributed by atoms with E-state index in [-0.39, 0.29) is 11.8 Å². The minimum atomic E-state index is 0.0679. The van der Waals surface area contributed by atoms with Crippen molar-refractivity contribution in [1.29, 1.82) is 0 Å². The number of hydrogen-bond donors (Lipinski definition) is 1. The summed E-state index contributed by atoms with van der Waals surface area (Å²) in [6.45, 7) is 2.53. The molecule has 0 unspecified atom stereocenters. The Balaban J connectivity index is 1.99. The van der Waals surface area contributed by atoms with Crippen LogP contribution in [0.3, 0.4) is 0 Å². The van der Waals surface area contributed by atoms with Crippen LogP contribution in [0.5, 0.6) is 0 Å². The van der Waals surface area contributed by atoms with Gasteiger partial charge in [-0.3, -0.25) is 0 Å². The summed E-state index contributed by atoms with van der Waals surface area (Å²) in [6.07, 6.45) is 3.09. The van der Waals surface area contributed by atoms with Crippen molar-refractivity contribution in [2.24, 2.45) is 5.18 Å².